The topological polar surface area (TPSA) is 35.2 Å². The van der Waals surface area contributed by atoms with Crippen molar-refractivity contribution < 1.29 is 4.74 Å². The number of rotatable bonds is 3. The van der Waals surface area contributed by atoms with Gasteiger partial charge in [0, 0.05) is 22.5 Å². The average molecular weight is 282 g/mol. The lowest BCUT2D eigenvalue weighted by Crippen LogP contribution is -2.36. The minimum Gasteiger partial charge on any atom is -0.496 e. The molecule has 0 saturated heterocycles. The van der Waals surface area contributed by atoms with Gasteiger partial charge in [-0.1, -0.05) is 25.4 Å². The molecule has 1 fully saturated rings. The Labute approximate surface area is 121 Å². The second-order valence-corrected chi connectivity index (χ2v) is 6.41. The van der Waals surface area contributed by atoms with Gasteiger partial charge in [-0.05, 0) is 49.3 Å². The third-order valence-corrected chi connectivity index (χ3v) is 4.71. The lowest BCUT2D eigenvalue weighted by atomic mass is 9.71. The normalized spacial score (nSPS) is 27.6. The summed E-state index contributed by atoms with van der Waals surface area (Å²) in [4.78, 5) is 0. The number of ether oxygens (including phenoxy) is 1. The van der Waals surface area contributed by atoms with E-state index in [0.717, 1.165) is 29.5 Å². The fourth-order valence-electron chi connectivity index (χ4n) is 3.18. The highest BCUT2D eigenvalue weighted by Gasteiger charge is 2.32. The predicted molar refractivity (Wildman–Crippen MR) is 80.9 cm³/mol. The van der Waals surface area contributed by atoms with Crippen LogP contribution in [0, 0.1) is 11.8 Å². The van der Waals surface area contributed by atoms with Crippen molar-refractivity contribution in [2.45, 2.75) is 45.1 Å². The first kappa shape index (κ1) is 14.7. The van der Waals surface area contributed by atoms with Gasteiger partial charge in [0.05, 0.1) is 7.11 Å². The fraction of sp³-hybridized carbons (Fsp3) is 0.625. The molecule has 1 aliphatic carbocycles. The Morgan fingerprint density at radius 3 is 2.68 bits per heavy atom. The molecule has 0 bridgehead atoms. The molecule has 1 aromatic carbocycles. The standard InChI is InChI=1S/C16H24ClNO/c1-10(2)11-4-6-15(18)13(8-11)14-9-12(17)5-7-16(14)19-3/h5,7,9-11,13,15H,4,6,8,18H2,1-3H3. The van der Waals surface area contributed by atoms with E-state index in [0.29, 0.717) is 11.8 Å². The van der Waals surface area contributed by atoms with Gasteiger partial charge in [-0.25, -0.2) is 0 Å². The highest BCUT2D eigenvalue weighted by Crippen LogP contribution is 2.42. The first-order valence-corrected chi connectivity index (χ1v) is 7.49. The van der Waals surface area contributed by atoms with Crippen molar-refractivity contribution in [1.29, 1.82) is 0 Å². The van der Waals surface area contributed by atoms with Crippen LogP contribution in [0.2, 0.25) is 5.02 Å². The van der Waals surface area contributed by atoms with Gasteiger partial charge in [0.1, 0.15) is 5.75 Å². The summed E-state index contributed by atoms with van der Waals surface area (Å²) in [7, 11) is 1.71. The zero-order valence-electron chi connectivity index (χ0n) is 12.0. The zero-order chi connectivity index (χ0) is 14.0. The molecule has 3 atom stereocenters. The van der Waals surface area contributed by atoms with Crippen LogP contribution in [0.15, 0.2) is 18.2 Å². The molecule has 19 heavy (non-hydrogen) atoms. The van der Waals surface area contributed by atoms with Gasteiger partial charge in [0.15, 0.2) is 0 Å². The Morgan fingerprint density at radius 1 is 1.32 bits per heavy atom. The van der Waals surface area contributed by atoms with Gasteiger partial charge >= 0.3 is 0 Å². The van der Waals surface area contributed by atoms with E-state index in [1.54, 1.807) is 7.11 Å². The minimum atomic E-state index is 0.211. The molecule has 0 aromatic heterocycles. The minimum absolute atomic E-state index is 0.211. The predicted octanol–water partition coefficient (Wildman–Crippen LogP) is 4.22. The largest absolute Gasteiger partial charge is 0.496 e. The number of benzene rings is 1. The Kier molecular flexibility index (Phi) is 4.75. The quantitative estimate of drug-likeness (QED) is 0.900. The lowest BCUT2D eigenvalue weighted by molar-refractivity contribution is 0.229. The smallest absolute Gasteiger partial charge is 0.122 e. The Balaban J connectivity index is 2.30. The van der Waals surface area contributed by atoms with E-state index in [9.17, 15) is 0 Å². The fourth-order valence-corrected chi connectivity index (χ4v) is 3.37. The molecule has 2 rings (SSSR count). The molecular formula is C16H24ClNO. The molecule has 0 aliphatic heterocycles. The molecule has 1 aromatic rings. The molecule has 3 heteroatoms. The number of hydrogen-bond donors (Lipinski definition) is 1. The Hall–Kier alpha value is -0.730. The molecule has 3 unspecified atom stereocenters. The van der Waals surface area contributed by atoms with Crippen molar-refractivity contribution in [3.8, 4) is 5.75 Å². The van der Waals surface area contributed by atoms with Crippen LogP contribution in [0.5, 0.6) is 5.75 Å². The van der Waals surface area contributed by atoms with Crippen LogP contribution in [-0.2, 0) is 0 Å². The summed E-state index contributed by atoms with van der Waals surface area (Å²) >= 11 is 6.14. The summed E-state index contributed by atoms with van der Waals surface area (Å²) in [5.41, 5.74) is 7.52. The molecule has 2 nitrogen and oxygen atoms in total. The number of hydrogen-bond acceptors (Lipinski definition) is 2. The van der Waals surface area contributed by atoms with Crippen LogP contribution >= 0.6 is 11.6 Å². The molecule has 0 amide bonds. The van der Waals surface area contributed by atoms with Crippen LogP contribution in [0.4, 0.5) is 0 Å². The molecule has 0 radical (unpaired) electrons. The second kappa shape index (κ2) is 6.15. The molecule has 2 N–H and O–H groups in total. The maximum absolute atomic E-state index is 6.35. The van der Waals surface area contributed by atoms with Gasteiger partial charge in [-0.15, -0.1) is 0 Å². The van der Waals surface area contributed by atoms with Crippen molar-refractivity contribution in [3.63, 3.8) is 0 Å². The van der Waals surface area contributed by atoms with E-state index >= 15 is 0 Å². The van der Waals surface area contributed by atoms with Gasteiger partial charge in [0.2, 0.25) is 0 Å². The average Bonchev–Trinajstić information content (AvgIpc) is 2.39. The molecule has 0 heterocycles. The summed E-state index contributed by atoms with van der Waals surface area (Å²) in [6.07, 6.45) is 3.46. The van der Waals surface area contributed by atoms with Crippen LogP contribution in [0.1, 0.15) is 44.6 Å². The third kappa shape index (κ3) is 3.24. The van der Waals surface area contributed by atoms with Crippen molar-refractivity contribution in [2.75, 3.05) is 7.11 Å². The van der Waals surface area contributed by atoms with E-state index in [-0.39, 0.29) is 6.04 Å². The van der Waals surface area contributed by atoms with Crippen LogP contribution in [-0.4, -0.2) is 13.2 Å². The van der Waals surface area contributed by atoms with Gasteiger partial charge in [-0.2, -0.15) is 0 Å². The highest BCUT2D eigenvalue weighted by atomic mass is 35.5. The third-order valence-electron chi connectivity index (χ3n) is 4.48. The monoisotopic (exact) mass is 281 g/mol. The molecule has 0 spiro atoms. The van der Waals surface area contributed by atoms with Crippen molar-refractivity contribution >= 4 is 11.6 Å². The molecular weight excluding hydrogens is 258 g/mol. The first-order valence-electron chi connectivity index (χ1n) is 7.12. The zero-order valence-corrected chi connectivity index (χ0v) is 12.8. The van der Waals surface area contributed by atoms with Crippen molar-refractivity contribution in [1.82, 2.24) is 0 Å². The van der Waals surface area contributed by atoms with Gasteiger partial charge in [0.25, 0.3) is 0 Å². The first-order chi connectivity index (χ1) is 9.02. The molecule has 1 aliphatic rings. The van der Waals surface area contributed by atoms with Gasteiger partial charge in [-0.3, -0.25) is 0 Å². The van der Waals surface area contributed by atoms with E-state index in [1.165, 1.54) is 12.0 Å². The summed E-state index contributed by atoms with van der Waals surface area (Å²) in [6.45, 7) is 4.60. The second-order valence-electron chi connectivity index (χ2n) is 5.97. The Morgan fingerprint density at radius 2 is 2.05 bits per heavy atom. The summed E-state index contributed by atoms with van der Waals surface area (Å²) < 4.78 is 5.48. The summed E-state index contributed by atoms with van der Waals surface area (Å²) in [5, 5.41) is 0.759. The van der Waals surface area contributed by atoms with E-state index in [2.05, 4.69) is 13.8 Å². The highest BCUT2D eigenvalue weighted by molar-refractivity contribution is 6.30. The maximum atomic E-state index is 6.35. The summed E-state index contributed by atoms with van der Waals surface area (Å²) in [5.74, 6) is 2.72. The van der Waals surface area contributed by atoms with Crippen LogP contribution in [0.3, 0.4) is 0 Å². The lowest BCUT2D eigenvalue weighted by Gasteiger charge is -2.37. The molecule has 1 saturated carbocycles. The van der Waals surface area contributed by atoms with E-state index in [1.807, 2.05) is 18.2 Å². The van der Waals surface area contributed by atoms with E-state index < -0.39 is 0 Å². The van der Waals surface area contributed by atoms with Crippen molar-refractivity contribution in [2.24, 2.45) is 17.6 Å². The van der Waals surface area contributed by atoms with Crippen LogP contribution < -0.4 is 10.5 Å². The van der Waals surface area contributed by atoms with Gasteiger partial charge < -0.3 is 10.5 Å². The summed E-state index contributed by atoms with van der Waals surface area (Å²) in [6, 6.07) is 6.05. The number of methoxy groups -OCH3 is 1. The molecule has 106 valence electrons. The maximum Gasteiger partial charge on any atom is 0.122 e. The van der Waals surface area contributed by atoms with Crippen molar-refractivity contribution in [3.05, 3.63) is 28.8 Å². The number of nitrogens with two attached hydrogens (primary N) is 1. The Bertz CT molecular complexity index is 433. The van der Waals surface area contributed by atoms with E-state index in [4.69, 9.17) is 22.1 Å². The van der Waals surface area contributed by atoms with Crippen LogP contribution in [0.25, 0.3) is 0 Å². The SMILES string of the molecule is COc1ccc(Cl)cc1C1CC(C(C)C)CCC1N. The number of halogens is 1.